The van der Waals surface area contributed by atoms with Gasteiger partial charge in [-0.2, -0.15) is 0 Å². The summed E-state index contributed by atoms with van der Waals surface area (Å²) in [6, 6.07) is 10.5. The first kappa shape index (κ1) is 20.8. The fourth-order valence-corrected chi connectivity index (χ4v) is 4.32. The predicted octanol–water partition coefficient (Wildman–Crippen LogP) is 4.61. The Kier molecular flexibility index (Phi) is 6.54. The third kappa shape index (κ3) is 4.63. The van der Waals surface area contributed by atoms with Crippen molar-refractivity contribution in [1.82, 2.24) is 0 Å². The number of sulfonamides is 1. The molecule has 0 radical (unpaired) electrons. The topological polar surface area (TPSA) is 54.5 Å². The first-order chi connectivity index (χ1) is 12.7. The van der Waals surface area contributed by atoms with Crippen molar-refractivity contribution >= 4 is 21.5 Å². The van der Waals surface area contributed by atoms with E-state index in [-0.39, 0.29) is 22.9 Å². The summed E-state index contributed by atoms with van der Waals surface area (Å²) in [6.07, 6.45) is 1.81. The van der Waals surface area contributed by atoms with Gasteiger partial charge in [-0.25, -0.2) is 12.8 Å². The molecular weight excluding hydrogens is 365 g/mol. The number of hydrogen-bond donors (Lipinski definition) is 0. The molecule has 2 aromatic carbocycles. The number of anilines is 1. The van der Waals surface area contributed by atoms with E-state index in [0.29, 0.717) is 5.69 Å². The van der Waals surface area contributed by atoms with E-state index in [2.05, 4.69) is 6.58 Å². The molecule has 0 fully saturated rings. The number of aryl methyl sites for hydroxylation is 1. The maximum atomic E-state index is 13.9. The second kappa shape index (κ2) is 8.48. The van der Waals surface area contributed by atoms with Gasteiger partial charge in [-0.1, -0.05) is 39.5 Å². The molecule has 0 saturated carbocycles. The number of nitrogens with zero attached hydrogens (tertiary/aromatic N) is 1. The molecule has 144 valence electrons. The molecule has 0 atom stereocenters. The summed E-state index contributed by atoms with van der Waals surface area (Å²) in [4.78, 5) is 11.7. The summed E-state index contributed by atoms with van der Waals surface area (Å²) in [5.74, 6) is -1.37. The molecular formula is C21H24FNO3S. The monoisotopic (exact) mass is 389 g/mol. The van der Waals surface area contributed by atoms with Crippen LogP contribution in [-0.4, -0.2) is 20.7 Å². The van der Waals surface area contributed by atoms with Crippen molar-refractivity contribution in [3.8, 4) is 0 Å². The van der Waals surface area contributed by atoms with E-state index in [4.69, 9.17) is 0 Å². The molecule has 0 aliphatic heterocycles. The van der Waals surface area contributed by atoms with Crippen LogP contribution in [0.25, 0.3) is 0 Å². The van der Waals surface area contributed by atoms with Gasteiger partial charge < -0.3 is 0 Å². The van der Waals surface area contributed by atoms with Crippen molar-refractivity contribution in [2.45, 2.75) is 32.1 Å². The highest BCUT2D eigenvalue weighted by atomic mass is 32.2. The normalized spacial score (nSPS) is 11.4. The van der Waals surface area contributed by atoms with E-state index in [1.165, 1.54) is 10.4 Å². The van der Waals surface area contributed by atoms with Gasteiger partial charge >= 0.3 is 0 Å². The number of benzene rings is 2. The molecule has 0 heterocycles. The van der Waals surface area contributed by atoms with Gasteiger partial charge in [0.2, 0.25) is 0 Å². The third-order valence-corrected chi connectivity index (χ3v) is 5.93. The Hall–Kier alpha value is -2.47. The second-order valence-electron chi connectivity index (χ2n) is 6.66. The maximum Gasteiger partial charge on any atom is 0.264 e. The summed E-state index contributed by atoms with van der Waals surface area (Å²) < 4.78 is 41.8. The van der Waals surface area contributed by atoms with Crippen LogP contribution in [0.2, 0.25) is 0 Å². The average molecular weight is 389 g/mol. The molecule has 0 aliphatic rings. The predicted molar refractivity (Wildman–Crippen MR) is 106 cm³/mol. The van der Waals surface area contributed by atoms with Crippen LogP contribution < -0.4 is 4.31 Å². The van der Waals surface area contributed by atoms with Gasteiger partial charge in [-0.3, -0.25) is 9.10 Å². The zero-order valence-electron chi connectivity index (χ0n) is 15.8. The zero-order chi connectivity index (χ0) is 20.2. The van der Waals surface area contributed by atoms with Crippen molar-refractivity contribution in [3.63, 3.8) is 0 Å². The van der Waals surface area contributed by atoms with Gasteiger partial charge in [-0.05, 0) is 54.3 Å². The number of carbonyl (C=O) groups is 1. The molecule has 0 saturated heterocycles. The van der Waals surface area contributed by atoms with Gasteiger partial charge in [0.1, 0.15) is 5.82 Å². The maximum absolute atomic E-state index is 13.9. The lowest BCUT2D eigenvalue weighted by atomic mass is 10.1. The Morgan fingerprint density at radius 3 is 2.33 bits per heavy atom. The zero-order valence-corrected chi connectivity index (χ0v) is 16.6. The second-order valence-corrected chi connectivity index (χ2v) is 8.52. The van der Waals surface area contributed by atoms with Crippen LogP contribution in [0.15, 0.2) is 60.0 Å². The minimum absolute atomic E-state index is 0.0698. The first-order valence-corrected chi connectivity index (χ1v) is 10.2. The van der Waals surface area contributed by atoms with Crippen LogP contribution in [0.3, 0.4) is 0 Å². The number of carbonyl (C=O) groups excluding carboxylic acids is 1. The van der Waals surface area contributed by atoms with Gasteiger partial charge in [-0.15, -0.1) is 0 Å². The van der Waals surface area contributed by atoms with Crippen LogP contribution in [0.4, 0.5) is 10.1 Å². The lowest BCUT2D eigenvalue weighted by Gasteiger charge is -2.26. The van der Waals surface area contributed by atoms with Gasteiger partial charge in [0.05, 0.1) is 16.1 Å². The van der Waals surface area contributed by atoms with E-state index in [0.717, 1.165) is 30.2 Å². The van der Waals surface area contributed by atoms with Crippen molar-refractivity contribution < 1.29 is 17.6 Å². The van der Waals surface area contributed by atoms with E-state index in [1.54, 1.807) is 12.1 Å². The standard InChI is InChI=1S/C21H24FNO3S/c1-5-16-7-9-17(10-8-16)23(14-15(3)4)27(25,26)18-11-12-20(22)19(13-18)21(24)6-2/h6-13,15H,2,5,14H2,1,3-4H3. The van der Waals surface area contributed by atoms with Crippen molar-refractivity contribution in [2.24, 2.45) is 5.92 Å². The summed E-state index contributed by atoms with van der Waals surface area (Å²) in [6.45, 7) is 9.45. The summed E-state index contributed by atoms with van der Waals surface area (Å²) >= 11 is 0. The minimum Gasteiger partial charge on any atom is -0.289 e. The Morgan fingerprint density at radius 1 is 1.19 bits per heavy atom. The fourth-order valence-electron chi connectivity index (χ4n) is 2.66. The number of halogens is 1. The lowest BCUT2D eigenvalue weighted by Crippen LogP contribution is -2.34. The van der Waals surface area contributed by atoms with Gasteiger partial charge in [0, 0.05) is 6.54 Å². The van der Waals surface area contributed by atoms with Crippen LogP contribution in [0.5, 0.6) is 0 Å². The molecule has 2 aromatic rings. The Labute approximate surface area is 160 Å². The Bertz CT molecular complexity index is 934. The molecule has 6 heteroatoms. The van der Waals surface area contributed by atoms with Gasteiger partial charge in [0.25, 0.3) is 10.0 Å². The molecule has 0 aliphatic carbocycles. The van der Waals surface area contributed by atoms with Crippen molar-refractivity contribution in [3.05, 3.63) is 72.1 Å². The highest BCUT2D eigenvalue weighted by Gasteiger charge is 2.27. The average Bonchev–Trinajstić information content (AvgIpc) is 2.65. The summed E-state index contributed by atoms with van der Waals surface area (Å²) in [5, 5.41) is 0. The highest BCUT2D eigenvalue weighted by molar-refractivity contribution is 7.92. The van der Waals surface area contributed by atoms with Crippen molar-refractivity contribution in [2.75, 3.05) is 10.8 Å². The Balaban J connectivity index is 2.56. The lowest BCUT2D eigenvalue weighted by molar-refractivity contribution is 0.104. The number of hydrogen-bond acceptors (Lipinski definition) is 3. The Morgan fingerprint density at radius 2 is 1.81 bits per heavy atom. The molecule has 0 unspecified atom stereocenters. The smallest absolute Gasteiger partial charge is 0.264 e. The number of allylic oxidation sites excluding steroid dienone is 1. The highest BCUT2D eigenvalue weighted by Crippen LogP contribution is 2.27. The molecule has 2 rings (SSSR count). The number of rotatable bonds is 8. The van der Waals surface area contributed by atoms with Crippen LogP contribution >= 0.6 is 0 Å². The van der Waals surface area contributed by atoms with Crippen LogP contribution in [-0.2, 0) is 16.4 Å². The molecule has 0 amide bonds. The largest absolute Gasteiger partial charge is 0.289 e. The van der Waals surface area contributed by atoms with Crippen LogP contribution in [0, 0.1) is 11.7 Å². The fraction of sp³-hybridized carbons (Fsp3) is 0.286. The third-order valence-electron chi connectivity index (χ3n) is 4.14. The minimum atomic E-state index is -3.97. The quantitative estimate of drug-likeness (QED) is 0.489. The van der Waals surface area contributed by atoms with Crippen molar-refractivity contribution in [1.29, 1.82) is 0 Å². The van der Waals surface area contributed by atoms with E-state index >= 15 is 0 Å². The van der Waals surface area contributed by atoms with Crippen LogP contribution in [0.1, 0.15) is 36.7 Å². The molecule has 0 bridgehead atoms. The molecule has 4 nitrogen and oxygen atoms in total. The van der Waals surface area contributed by atoms with Gasteiger partial charge in [0.15, 0.2) is 5.78 Å². The first-order valence-electron chi connectivity index (χ1n) is 8.78. The molecule has 0 N–H and O–H groups in total. The molecule has 27 heavy (non-hydrogen) atoms. The number of ketones is 1. The molecule has 0 spiro atoms. The van der Waals surface area contributed by atoms with E-state index < -0.39 is 21.6 Å². The molecule has 0 aromatic heterocycles. The van der Waals surface area contributed by atoms with E-state index in [1.807, 2.05) is 32.9 Å². The SMILES string of the molecule is C=CC(=O)c1cc(S(=O)(=O)N(CC(C)C)c2ccc(CC)cc2)ccc1F. The van der Waals surface area contributed by atoms with E-state index in [9.17, 15) is 17.6 Å². The summed E-state index contributed by atoms with van der Waals surface area (Å²) in [7, 11) is -3.97. The summed E-state index contributed by atoms with van der Waals surface area (Å²) in [5.41, 5.74) is 1.32.